The van der Waals surface area contributed by atoms with Crippen LogP contribution >= 0.6 is 15.6 Å². The minimum Gasteiger partial charge on any atom is -0.462 e. The Hall–Kier alpha value is -1.94. The van der Waals surface area contributed by atoms with Gasteiger partial charge in [0.2, 0.25) is 0 Å². The number of phosphoric acid groups is 2. The molecule has 0 aromatic heterocycles. The molecule has 0 aliphatic rings. The molecule has 0 spiro atoms. The smallest absolute Gasteiger partial charge is 0.462 e. The zero-order valence-corrected chi connectivity index (χ0v) is 69.7. The number of rotatable bonds is 81. The van der Waals surface area contributed by atoms with Gasteiger partial charge in [-0.25, -0.2) is 9.13 Å². The molecule has 612 valence electrons. The minimum atomic E-state index is -4.97. The van der Waals surface area contributed by atoms with Crippen LogP contribution in [-0.4, -0.2) is 96.7 Å². The molecule has 0 bridgehead atoms. The molecule has 0 aliphatic heterocycles. The molecular weight excluding hydrogens is 1340 g/mol. The highest BCUT2D eigenvalue weighted by Crippen LogP contribution is 2.45. The molecule has 0 aromatic carbocycles. The summed E-state index contributed by atoms with van der Waals surface area (Å²) in [5.41, 5.74) is 0. The lowest BCUT2D eigenvalue weighted by molar-refractivity contribution is -0.161. The van der Waals surface area contributed by atoms with E-state index in [-0.39, 0.29) is 25.7 Å². The van der Waals surface area contributed by atoms with Gasteiger partial charge in [-0.1, -0.05) is 383 Å². The number of carbonyl (C=O) groups is 4. The monoisotopic (exact) mass is 1510 g/mol. The normalized spacial score (nSPS) is 14.5. The van der Waals surface area contributed by atoms with Crippen molar-refractivity contribution in [2.45, 2.75) is 453 Å². The summed E-state index contributed by atoms with van der Waals surface area (Å²) >= 11 is 0. The van der Waals surface area contributed by atoms with Gasteiger partial charge in [0.1, 0.15) is 19.3 Å². The van der Waals surface area contributed by atoms with Gasteiger partial charge in [-0.05, 0) is 49.4 Å². The lowest BCUT2D eigenvalue weighted by Gasteiger charge is -2.21. The fraction of sp³-hybridized carbons (Fsp3) is 0.952. The molecule has 0 aliphatic carbocycles. The first-order valence-corrected chi connectivity index (χ1v) is 46.3. The largest absolute Gasteiger partial charge is 0.472 e. The third kappa shape index (κ3) is 75.3. The molecule has 0 saturated heterocycles. The third-order valence-electron chi connectivity index (χ3n) is 20.3. The van der Waals surface area contributed by atoms with Gasteiger partial charge in [-0.15, -0.1) is 0 Å². The zero-order chi connectivity index (χ0) is 76.0. The topological polar surface area (TPSA) is 237 Å². The van der Waals surface area contributed by atoms with E-state index in [0.717, 1.165) is 114 Å². The molecule has 7 atom stereocenters. The lowest BCUT2D eigenvalue weighted by atomic mass is 9.99. The van der Waals surface area contributed by atoms with Crippen LogP contribution in [0.15, 0.2) is 0 Å². The molecule has 103 heavy (non-hydrogen) atoms. The maximum absolute atomic E-state index is 13.1. The van der Waals surface area contributed by atoms with Gasteiger partial charge in [-0.2, -0.15) is 0 Å². The van der Waals surface area contributed by atoms with Gasteiger partial charge >= 0.3 is 39.5 Å². The number of carbonyl (C=O) groups excluding carboxylic acids is 4. The van der Waals surface area contributed by atoms with E-state index in [0.29, 0.717) is 25.7 Å². The van der Waals surface area contributed by atoms with Crippen LogP contribution in [0.3, 0.4) is 0 Å². The molecular formula is C84H164O17P2. The second-order valence-electron chi connectivity index (χ2n) is 31.7. The van der Waals surface area contributed by atoms with Crippen LogP contribution in [0.5, 0.6) is 0 Å². The SMILES string of the molecule is CCC(C)CCCCCCCCCCCCCCCCCCCCC(=O)OC[C@H](COP(=O)(O)OCC(O)COP(=O)(O)OC[C@@H](COC(=O)CCCCCCCCCCC(C)C)OC(=O)CCCCCCCCCCC(C)CC)OC(=O)CCCCCCCCCCCCCCCCCC(C)C. The van der Waals surface area contributed by atoms with Gasteiger partial charge in [0, 0.05) is 25.7 Å². The lowest BCUT2D eigenvalue weighted by Crippen LogP contribution is -2.30. The molecule has 0 radical (unpaired) electrons. The van der Waals surface area contributed by atoms with Crippen molar-refractivity contribution in [1.82, 2.24) is 0 Å². The summed E-state index contributed by atoms with van der Waals surface area (Å²) in [6.45, 7) is 14.3. The van der Waals surface area contributed by atoms with Crippen molar-refractivity contribution >= 4 is 39.5 Å². The van der Waals surface area contributed by atoms with Crippen LogP contribution < -0.4 is 0 Å². The first-order chi connectivity index (χ1) is 49.7. The number of unbranched alkanes of at least 4 members (excludes halogenated alkanes) is 45. The Morgan fingerprint density at radius 2 is 0.466 bits per heavy atom. The second-order valence-corrected chi connectivity index (χ2v) is 34.6. The quantitative estimate of drug-likeness (QED) is 0.0222. The molecule has 0 saturated carbocycles. The average molecular weight is 1510 g/mol. The predicted molar refractivity (Wildman–Crippen MR) is 423 cm³/mol. The summed E-state index contributed by atoms with van der Waals surface area (Å²) in [6, 6.07) is 0. The van der Waals surface area contributed by atoms with Crippen LogP contribution in [0.1, 0.15) is 434 Å². The Kier molecular flexibility index (Phi) is 71.5. The Balaban J connectivity index is 5.22. The first-order valence-electron chi connectivity index (χ1n) is 43.3. The van der Waals surface area contributed by atoms with E-state index in [1.54, 1.807) is 0 Å². The van der Waals surface area contributed by atoms with Crippen molar-refractivity contribution < 1.29 is 80.2 Å². The number of hydrogen-bond acceptors (Lipinski definition) is 15. The summed E-state index contributed by atoms with van der Waals surface area (Å²) in [6.07, 6.45) is 61.1. The van der Waals surface area contributed by atoms with Crippen molar-refractivity contribution in [2.75, 3.05) is 39.6 Å². The number of hydrogen-bond donors (Lipinski definition) is 3. The van der Waals surface area contributed by atoms with Crippen molar-refractivity contribution in [1.29, 1.82) is 0 Å². The van der Waals surface area contributed by atoms with E-state index in [2.05, 4.69) is 55.4 Å². The van der Waals surface area contributed by atoms with Gasteiger partial charge in [0.15, 0.2) is 12.2 Å². The molecule has 17 nitrogen and oxygen atoms in total. The summed E-state index contributed by atoms with van der Waals surface area (Å²) in [5.74, 6) is 1.06. The number of aliphatic hydroxyl groups excluding tert-OH is 1. The molecule has 5 unspecified atom stereocenters. The number of ether oxygens (including phenoxy) is 4. The van der Waals surface area contributed by atoms with E-state index in [1.165, 1.54) is 238 Å². The fourth-order valence-corrected chi connectivity index (χ4v) is 14.5. The van der Waals surface area contributed by atoms with E-state index < -0.39 is 97.5 Å². The van der Waals surface area contributed by atoms with Crippen LogP contribution in [0.25, 0.3) is 0 Å². The highest BCUT2D eigenvalue weighted by Gasteiger charge is 2.30. The number of phosphoric ester groups is 2. The van der Waals surface area contributed by atoms with Crippen molar-refractivity contribution in [3.8, 4) is 0 Å². The first kappa shape index (κ1) is 101. The third-order valence-corrected chi connectivity index (χ3v) is 22.2. The molecule has 0 amide bonds. The summed E-state index contributed by atoms with van der Waals surface area (Å²) < 4.78 is 68.8. The maximum atomic E-state index is 13.1. The highest BCUT2D eigenvalue weighted by atomic mass is 31.2. The second kappa shape index (κ2) is 72.9. The van der Waals surface area contributed by atoms with Crippen molar-refractivity contribution in [2.24, 2.45) is 23.7 Å². The Labute approximate surface area is 632 Å². The van der Waals surface area contributed by atoms with Crippen molar-refractivity contribution in [3.05, 3.63) is 0 Å². The predicted octanol–water partition coefficient (Wildman–Crippen LogP) is 25.2. The number of aliphatic hydroxyl groups is 1. The van der Waals surface area contributed by atoms with Gasteiger partial charge < -0.3 is 33.8 Å². The summed E-state index contributed by atoms with van der Waals surface area (Å²) in [5, 5.41) is 10.7. The summed E-state index contributed by atoms with van der Waals surface area (Å²) in [7, 11) is -9.93. The van der Waals surface area contributed by atoms with Gasteiger partial charge in [0.25, 0.3) is 0 Å². The molecule has 19 heteroatoms. The Bertz CT molecular complexity index is 2010. The van der Waals surface area contributed by atoms with Crippen LogP contribution in [0.4, 0.5) is 0 Å². The van der Waals surface area contributed by atoms with Crippen LogP contribution in [0.2, 0.25) is 0 Å². The van der Waals surface area contributed by atoms with E-state index in [1.807, 2.05) is 0 Å². The van der Waals surface area contributed by atoms with E-state index in [9.17, 15) is 43.2 Å². The molecule has 0 rings (SSSR count). The Morgan fingerprint density at radius 3 is 0.689 bits per heavy atom. The Morgan fingerprint density at radius 1 is 0.272 bits per heavy atom. The highest BCUT2D eigenvalue weighted by molar-refractivity contribution is 7.47. The maximum Gasteiger partial charge on any atom is 0.472 e. The van der Waals surface area contributed by atoms with E-state index >= 15 is 0 Å². The van der Waals surface area contributed by atoms with Gasteiger partial charge in [0.05, 0.1) is 26.4 Å². The minimum absolute atomic E-state index is 0.104. The van der Waals surface area contributed by atoms with Crippen molar-refractivity contribution in [3.63, 3.8) is 0 Å². The van der Waals surface area contributed by atoms with Gasteiger partial charge in [-0.3, -0.25) is 37.3 Å². The van der Waals surface area contributed by atoms with Crippen LogP contribution in [-0.2, 0) is 65.4 Å². The van der Waals surface area contributed by atoms with E-state index in [4.69, 9.17) is 37.0 Å². The average Bonchev–Trinajstić information content (AvgIpc) is 0.915. The standard InChI is InChI=1S/C84H164O17P2/c1-9-76(7)62-54-46-38-29-25-21-17-13-11-12-14-18-22-26-30-40-48-56-64-81(86)94-70-79(100-83(88)66-58-50-42-31-27-23-19-15-16-20-24-28-36-44-52-60-74(3)4)72-98-102(90,91)96-68-78(85)69-97-103(92,93)99-73-80(71-95-82(87)65-57-49-41-34-32-37-45-53-61-75(5)6)101-84(89)67-59-51-43-35-33-39-47-55-63-77(8)10-2/h74-80,85H,9-73H2,1-8H3,(H,90,91)(H,92,93)/t76?,77?,78?,79-,80-/m1/s1. The van der Waals surface area contributed by atoms with Crippen LogP contribution in [0, 0.1) is 23.7 Å². The molecule has 0 fully saturated rings. The molecule has 0 heterocycles. The fourth-order valence-electron chi connectivity index (χ4n) is 12.9. The number of esters is 4. The zero-order valence-electron chi connectivity index (χ0n) is 68.0. The summed E-state index contributed by atoms with van der Waals surface area (Å²) in [4.78, 5) is 73.1. The molecule has 3 N–H and O–H groups in total. The molecule has 0 aromatic rings.